The molecular weight excluding hydrogens is 312 g/mol. The molecule has 0 aliphatic heterocycles. The topological polar surface area (TPSA) is 0 Å². The minimum atomic E-state index is 0.889. The Labute approximate surface area is 166 Å². The molecule has 0 unspecified atom stereocenters. The van der Waals surface area contributed by atoms with Gasteiger partial charge >= 0.3 is 0 Å². The van der Waals surface area contributed by atoms with Crippen molar-refractivity contribution in [3.8, 4) is 0 Å². The maximum Gasteiger partial charge on any atom is -0.0334 e. The largest absolute Gasteiger partial charge is 0.0625 e. The van der Waals surface area contributed by atoms with Gasteiger partial charge in [0.2, 0.25) is 0 Å². The van der Waals surface area contributed by atoms with Crippen LogP contribution in [0.5, 0.6) is 0 Å². The van der Waals surface area contributed by atoms with Gasteiger partial charge in [0, 0.05) is 0 Å². The first-order valence-electron chi connectivity index (χ1n) is 12.8. The normalized spacial score (nSPS) is 24.9. The molecule has 0 heterocycles. The Balaban J connectivity index is 2.00. The first-order valence-corrected chi connectivity index (χ1v) is 12.8. The summed E-state index contributed by atoms with van der Waals surface area (Å²) in [5.41, 5.74) is 0. The third-order valence-electron chi connectivity index (χ3n) is 7.66. The molecule has 154 valence electrons. The summed E-state index contributed by atoms with van der Waals surface area (Å²) in [6.45, 7) is 5.11. The van der Waals surface area contributed by atoms with Crippen molar-refractivity contribution in [1.82, 2.24) is 0 Å². The van der Waals surface area contributed by atoms with Crippen molar-refractivity contribution in [3.05, 3.63) is 0 Å². The molecule has 0 bridgehead atoms. The van der Waals surface area contributed by atoms with Gasteiger partial charge in [-0.25, -0.2) is 0 Å². The van der Waals surface area contributed by atoms with E-state index in [1.165, 1.54) is 103 Å². The van der Waals surface area contributed by atoms with E-state index in [2.05, 4.69) is 13.8 Å². The van der Waals surface area contributed by atoms with Crippen molar-refractivity contribution < 1.29 is 0 Å². The third kappa shape index (κ3) is 8.79. The number of hydrogen-bond acceptors (Lipinski definition) is 0. The Morgan fingerprint density at radius 1 is 0.385 bits per heavy atom. The summed E-state index contributed by atoms with van der Waals surface area (Å²) in [6, 6.07) is 0. The zero-order valence-corrected chi connectivity index (χ0v) is 18.5. The maximum absolute atomic E-state index is 2.56. The molecule has 0 aromatic carbocycles. The predicted octanol–water partition coefficient (Wildman–Crippen LogP) is 9.32. The van der Waals surface area contributed by atoms with Crippen LogP contribution in [0.4, 0.5) is 0 Å². The van der Waals surface area contributed by atoms with Gasteiger partial charge in [-0.3, -0.25) is 0 Å². The van der Waals surface area contributed by atoms with E-state index in [1.807, 2.05) is 0 Å². The van der Waals surface area contributed by atoms with Crippen LogP contribution in [-0.4, -0.2) is 0 Å². The van der Waals surface area contributed by atoms with Gasteiger partial charge < -0.3 is 0 Å². The van der Waals surface area contributed by atoms with Gasteiger partial charge in [-0.05, 0) is 23.7 Å². The second-order valence-corrected chi connectivity index (χ2v) is 10.2. The Hall–Kier alpha value is 0. The Bertz CT molecular complexity index is 266. The molecule has 0 nitrogen and oxygen atoms in total. The van der Waals surface area contributed by atoms with Crippen molar-refractivity contribution in [2.75, 3.05) is 0 Å². The lowest BCUT2D eigenvalue weighted by Gasteiger charge is -2.37. The summed E-state index contributed by atoms with van der Waals surface area (Å²) in [7, 11) is 0. The van der Waals surface area contributed by atoms with Crippen molar-refractivity contribution >= 4 is 0 Å². The average molecular weight is 363 g/mol. The highest BCUT2D eigenvalue weighted by atomic mass is 14.4. The van der Waals surface area contributed by atoms with Crippen LogP contribution in [0.25, 0.3) is 0 Å². The van der Waals surface area contributed by atoms with Gasteiger partial charge in [-0.15, -0.1) is 0 Å². The first kappa shape index (κ1) is 22.3. The van der Waals surface area contributed by atoms with Gasteiger partial charge in [0.1, 0.15) is 0 Å². The van der Waals surface area contributed by atoms with Crippen molar-refractivity contribution in [3.63, 3.8) is 0 Å². The zero-order valence-electron chi connectivity index (χ0n) is 18.5. The summed E-state index contributed by atoms with van der Waals surface area (Å²) in [6.07, 6.45) is 30.3. The van der Waals surface area contributed by atoms with Crippen molar-refractivity contribution in [1.29, 1.82) is 0 Å². The minimum Gasteiger partial charge on any atom is -0.0625 e. The Morgan fingerprint density at radius 2 is 0.615 bits per heavy atom. The number of rotatable bonds is 3. The van der Waals surface area contributed by atoms with E-state index in [4.69, 9.17) is 0 Å². The monoisotopic (exact) mass is 362 g/mol. The molecule has 0 N–H and O–H groups in total. The van der Waals surface area contributed by atoms with E-state index >= 15 is 0 Å². The maximum atomic E-state index is 2.56. The van der Waals surface area contributed by atoms with Gasteiger partial charge in [0.15, 0.2) is 0 Å². The van der Waals surface area contributed by atoms with E-state index in [9.17, 15) is 0 Å². The first-order chi connectivity index (χ1) is 12.8. The molecule has 26 heavy (non-hydrogen) atoms. The lowest BCUT2D eigenvalue weighted by molar-refractivity contribution is 0.123. The van der Waals surface area contributed by atoms with Crippen molar-refractivity contribution in [2.45, 2.75) is 142 Å². The fraction of sp³-hybridized carbons (Fsp3) is 1.00. The molecule has 2 aliphatic rings. The quantitative estimate of drug-likeness (QED) is 0.469. The van der Waals surface area contributed by atoms with Crippen LogP contribution in [0.3, 0.4) is 0 Å². The molecule has 0 heteroatoms. The van der Waals surface area contributed by atoms with Gasteiger partial charge in [-0.2, -0.15) is 0 Å². The van der Waals surface area contributed by atoms with Crippen LogP contribution >= 0.6 is 0 Å². The van der Waals surface area contributed by atoms with Gasteiger partial charge in [0.25, 0.3) is 0 Å². The van der Waals surface area contributed by atoms with Crippen LogP contribution in [-0.2, 0) is 0 Å². The lowest BCUT2D eigenvalue weighted by atomic mass is 9.68. The molecule has 2 aliphatic carbocycles. The summed E-state index contributed by atoms with van der Waals surface area (Å²) in [4.78, 5) is 0. The van der Waals surface area contributed by atoms with Gasteiger partial charge in [-0.1, -0.05) is 142 Å². The molecule has 0 radical (unpaired) electrons. The average Bonchev–Trinajstić information content (AvgIpc) is 2.72. The van der Waals surface area contributed by atoms with E-state index in [-0.39, 0.29) is 0 Å². The van der Waals surface area contributed by atoms with E-state index < -0.39 is 0 Å². The molecular formula is C26H50. The van der Waals surface area contributed by atoms with Crippen LogP contribution < -0.4 is 0 Å². The van der Waals surface area contributed by atoms with Crippen LogP contribution in [0.15, 0.2) is 0 Å². The fourth-order valence-corrected chi connectivity index (χ4v) is 6.28. The molecule has 2 rings (SSSR count). The third-order valence-corrected chi connectivity index (χ3v) is 7.66. The lowest BCUT2D eigenvalue weighted by Crippen LogP contribution is -2.29. The van der Waals surface area contributed by atoms with Crippen LogP contribution in [0, 0.1) is 23.7 Å². The van der Waals surface area contributed by atoms with Crippen LogP contribution in [0.1, 0.15) is 142 Å². The Morgan fingerprint density at radius 3 is 0.846 bits per heavy atom. The van der Waals surface area contributed by atoms with E-state index in [0.29, 0.717) is 0 Å². The fourth-order valence-electron chi connectivity index (χ4n) is 6.28. The summed E-state index contributed by atoms with van der Waals surface area (Å²) in [5, 5.41) is 0. The molecule has 0 spiro atoms. The smallest absolute Gasteiger partial charge is 0.0334 e. The highest BCUT2D eigenvalue weighted by molar-refractivity contribution is 4.81. The molecule has 2 fully saturated rings. The highest BCUT2D eigenvalue weighted by Gasteiger charge is 2.31. The van der Waals surface area contributed by atoms with Gasteiger partial charge in [0.05, 0.1) is 0 Å². The molecule has 0 amide bonds. The summed E-state index contributed by atoms with van der Waals surface area (Å²) < 4.78 is 0. The van der Waals surface area contributed by atoms with Crippen LogP contribution in [0.2, 0.25) is 0 Å². The molecule has 0 aromatic heterocycles. The number of hydrogen-bond donors (Lipinski definition) is 0. The second kappa shape index (κ2) is 14.1. The standard InChI is InChI=1S/C26H50/c1-23(2)26(24-19-15-11-7-3-4-8-12-16-20-24)25-21-17-13-9-5-6-10-14-18-22-25/h23-26H,3-22H2,1-2H3. The zero-order chi connectivity index (χ0) is 18.5. The second-order valence-electron chi connectivity index (χ2n) is 10.2. The molecule has 0 aromatic rings. The highest BCUT2D eigenvalue weighted by Crippen LogP contribution is 2.41. The van der Waals surface area contributed by atoms with Crippen molar-refractivity contribution in [2.24, 2.45) is 23.7 Å². The predicted molar refractivity (Wildman–Crippen MR) is 118 cm³/mol. The summed E-state index contributed by atoms with van der Waals surface area (Å²) >= 11 is 0. The van der Waals surface area contributed by atoms with E-state index in [0.717, 1.165) is 23.7 Å². The van der Waals surface area contributed by atoms with E-state index in [1.54, 1.807) is 25.7 Å². The SMILES string of the molecule is CC(C)C(C1CCCCCCCCCC1)C1CCCCCCCCCC1. The summed E-state index contributed by atoms with van der Waals surface area (Å²) in [5.74, 6) is 3.96. The Kier molecular flexibility index (Phi) is 12.1. The minimum absolute atomic E-state index is 0.889. The molecule has 2 saturated carbocycles. The molecule has 0 atom stereocenters. The molecule has 0 saturated heterocycles.